The molecule has 0 amide bonds. The maximum absolute atomic E-state index is 5.47. The Bertz CT molecular complexity index is 348. The van der Waals surface area contributed by atoms with E-state index in [1.54, 1.807) is 0 Å². The summed E-state index contributed by atoms with van der Waals surface area (Å²) in [6, 6.07) is 0.395. The van der Waals surface area contributed by atoms with Gasteiger partial charge in [0.2, 0.25) is 5.88 Å². The molecule has 1 aliphatic heterocycles. The summed E-state index contributed by atoms with van der Waals surface area (Å²) in [6.45, 7) is 5.06. The second kappa shape index (κ2) is 3.07. The summed E-state index contributed by atoms with van der Waals surface area (Å²) in [4.78, 5) is 0. The highest BCUT2D eigenvalue weighted by Crippen LogP contribution is 2.16. The summed E-state index contributed by atoms with van der Waals surface area (Å²) < 4.78 is 5.47. The van der Waals surface area contributed by atoms with E-state index < -0.39 is 0 Å². The summed E-state index contributed by atoms with van der Waals surface area (Å²) in [5.74, 6) is 12.5. The van der Waals surface area contributed by atoms with E-state index in [2.05, 4.69) is 42.8 Å². The first-order valence-corrected chi connectivity index (χ1v) is 4.43. The van der Waals surface area contributed by atoms with Gasteiger partial charge in [0.25, 0.3) is 0 Å². The fourth-order valence-electron chi connectivity index (χ4n) is 1.26. The standard InChI is InChI=1S/C11H11NO/c1-8(2)10-7-13-11(12-10)9-5-3-4-6-9/h8,10,12H,7H2,1-2H3/t10-/m1/s1. The van der Waals surface area contributed by atoms with E-state index in [1.165, 1.54) is 0 Å². The molecule has 1 aliphatic carbocycles. The Hall–Kier alpha value is -1.54. The Kier molecular flexibility index (Phi) is 1.91. The Morgan fingerprint density at radius 2 is 2.08 bits per heavy atom. The van der Waals surface area contributed by atoms with Crippen LogP contribution in [0.4, 0.5) is 0 Å². The second-order valence-electron chi connectivity index (χ2n) is 3.51. The number of ether oxygens (including phenoxy) is 1. The molecule has 0 radical (unpaired) electrons. The number of rotatable bonds is 1. The Morgan fingerprint density at radius 1 is 1.38 bits per heavy atom. The zero-order valence-corrected chi connectivity index (χ0v) is 7.77. The van der Waals surface area contributed by atoms with Crippen molar-refractivity contribution in [2.45, 2.75) is 19.9 Å². The molecule has 1 atom stereocenters. The summed E-state index contributed by atoms with van der Waals surface area (Å²) in [6.07, 6.45) is 0. The van der Waals surface area contributed by atoms with Crippen molar-refractivity contribution in [3.8, 4) is 23.7 Å². The van der Waals surface area contributed by atoms with Crippen LogP contribution in [0, 0.1) is 29.6 Å². The van der Waals surface area contributed by atoms with Crippen LogP contribution in [-0.2, 0) is 4.74 Å². The average Bonchev–Trinajstić information content (AvgIpc) is 2.75. The maximum atomic E-state index is 5.47. The molecule has 13 heavy (non-hydrogen) atoms. The largest absolute Gasteiger partial charge is 0.476 e. The quantitative estimate of drug-likeness (QED) is 0.594. The van der Waals surface area contributed by atoms with Gasteiger partial charge in [-0.25, -0.2) is 0 Å². The molecule has 1 fully saturated rings. The van der Waals surface area contributed by atoms with E-state index in [0.29, 0.717) is 12.0 Å². The van der Waals surface area contributed by atoms with Crippen molar-refractivity contribution in [3.05, 3.63) is 11.5 Å². The number of hydrogen-bond acceptors (Lipinski definition) is 2. The molecule has 0 aromatic heterocycles. The van der Waals surface area contributed by atoms with Crippen LogP contribution in [0.3, 0.4) is 0 Å². The van der Waals surface area contributed by atoms with Gasteiger partial charge in [0.1, 0.15) is 12.2 Å². The van der Waals surface area contributed by atoms with Crippen molar-refractivity contribution in [1.29, 1.82) is 0 Å². The van der Waals surface area contributed by atoms with Gasteiger partial charge in [-0.15, -0.1) is 0 Å². The predicted molar refractivity (Wildman–Crippen MR) is 50.3 cm³/mol. The first-order chi connectivity index (χ1) is 6.27. The minimum absolute atomic E-state index is 0.395. The van der Waals surface area contributed by atoms with E-state index in [4.69, 9.17) is 4.74 Å². The first kappa shape index (κ1) is 8.08. The molecule has 2 rings (SSSR count). The maximum Gasteiger partial charge on any atom is 0.212 e. The lowest BCUT2D eigenvalue weighted by atomic mass is 10.1. The molecule has 0 bridgehead atoms. The highest BCUT2D eigenvalue weighted by Gasteiger charge is 2.24. The van der Waals surface area contributed by atoms with E-state index in [1.807, 2.05) is 0 Å². The number of allylic oxidation sites excluding steroid dienone is 1. The second-order valence-corrected chi connectivity index (χ2v) is 3.51. The van der Waals surface area contributed by atoms with Gasteiger partial charge < -0.3 is 10.1 Å². The number of nitrogens with one attached hydrogen (secondary N) is 1. The minimum atomic E-state index is 0.395. The molecule has 0 unspecified atom stereocenters. The molecule has 1 saturated heterocycles. The van der Waals surface area contributed by atoms with Crippen LogP contribution in [-0.4, -0.2) is 12.6 Å². The third-order valence-corrected chi connectivity index (χ3v) is 2.19. The summed E-state index contributed by atoms with van der Waals surface area (Å²) in [5.41, 5.74) is 0.795. The molecule has 66 valence electrons. The molecule has 2 aliphatic rings. The average molecular weight is 173 g/mol. The molecule has 0 aromatic rings. The van der Waals surface area contributed by atoms with Gasteiger partial charge >= 0.3 is 0 Å². The van der Waals surface area contributed by atoms with Crippen LogP contribution in [0.5, 0.6) is 0 Å². The van der Waals surface area contributed by atoms with Crippen molar-refractivity contribution >= 4 is 0 Å². The summed E-state index contributed by atoms with van der Waals surface area (Å²) in [7, 11) is 0. The Labute approximate surface area is 78.3 Å². The third kappa shape index (κ3) is 1.48. The van der Waals surface area contributed by atoms with E-state index in [9.17, 15) is 0 Å². The molecule has 1 N–H and O–H groups in total. The van der Waals surface area contributed by atoms with Crippen molar-refractivity contribution in [1.82, 2.24) is 5.32 Å². The smallest absolute Gasteiger partial charge is 0.212 e. The van der Waals surface area contributed by atoms with Crippen molar-refractivity contribution in [2.75, 3.05) is 6.61 Å². The SMILES string of the molecule is CC(C)[C@H]1COC(=C2C#CC#C2)N1. The minimum Gasteiger partial charge on any atom is -0.476 e. The van der Waals surface area contributed by atoms with Gasteiger partial charge in [-0.3, -0.25) is 0 Å². The van der Waals surface area contributed by atoms with Gasteiger partial charge in [0.15, 0.2) is 0 Å². The zero-order chi connectivity index (χ0) is 9.26. The van der Waals surface area contributed by atoms with Gasteiger partial charge in [-0.1, -0.05) is 13.8 Å². The van der Waals surface area contributed by atoms with Crippen LogP contribution >= 0.6 is 0 Å². The van der Waals surface area contributed by atoms with E-state index >= 15 is 0 Å². The number of hydrogen-bond donors (Lipinski definition) is 1. The van der Waals surface area contributed by atoms with Crippen LogP contribution in [0.15, 0.2) is 11.5 Å². The van der Waals surface area contributed by atoms with Crippen LogP contribution in [0.25, 0.3) is 0 Å². The molecule has 0 spiro atoms. The highest BCUT2D eigenvalue weighted by molar-refractivity contribution is 5.57. The molecule has 2 nitrogen and oxygen atoms in total. The van der Waals surface area contributed by atoms with E-state index in [-0.39, 0.29) is 0 Å². The topological polar surface area (TPSA) is 21.3 Å². The highest BCUT2D eigenvalue weighted by atomic mass is 16.5. The fraction of sp³-hybridized carbons (Fsp3) is 0.455. The molecule has 0 saturated carbocycles. The Morgan fingerprint density at radius 3 is 2.62 bits per heavy atom. The van der Waals surface area contributed by atoms with Crippen LogP contribution in [0.1, 0.15) is 13.8 Å². The van der Waals surface area contributed by atoms with E-state index in [0.717, 1.165) is 18.1 Å². The lowest BCUT2D eigenvalue weighted by Gasteiger charge is -2.10. The third-order valence-electron chi connectivity index (χ3n) is 2.19. The monoisotopic (exact) mass is 173 g/mol. The summed E-state index contributed by atoms with van der Waals surface area (Å²) in [5, 5.41) is 3.28. The Balaban J connectivity index is 2.13. The van der Waals surface area contributed by atoms with Crippen molar-refractivity contribution in [2.24, 2.45) is 5.92 Å². The normalized spacial score (nSPS) is 23.2. The van der Waals surface area contributed by atoms with Gasteiger partial charge in [0, 0.05) is 0 Å². The van der Waals surface area contributed by atoms with Gasteiger partial charge in [0.05, 0.1) is 6.04 Å². The fourth-order valence-corrected chi connectivity index (χ4v) is 1.26. The molecular weight excluding hydrogens is 162 g/mol. The molecular formula is C11H11NO. The van der Waals surface area contributed by atoms with Gasteiger partial charge in [-0.05, 0) is 29.6 Å². The van der Waals surface area contributed by atoms with Crippen LogP contribution in [0.2, 0.25) is 0 Å². The van der Waals surface area contributed by atoms with Crippen molar-refractivity contribution < 1.29 is 4.74 Å². The zero-order valence-electron chi connectivity index (χ0n) is 7.77. The van der Waals surface area contributed by atoms with Crippen molar-refractivity contribution in [3.63, 3.8) is 0 Å². The lowest BCUT2D eigenvalue weighted by Crippen LogP contribution is -2.28. The molecule has 2 heteroatoms. The summed E-state index contributed by atoms with van der Waals surface area (Å²) >= 11 is 0. The predicted octanol–water partition coefficient (Wildman–Crippen LogP) is 0.863. The van der Waals surface area contributed by atoms with Crippen LogP contribution < -0.4 is 5.32 Å². The molecule has 1 heterocycles. The lowest BCUT2D eigenvalue weighted by molar-refractivity contribution is 0.243. The molecule has 0 aromatic carbocycles. The van der Waals surface area contributed by atoms with Gasteiger partial charge in [-0.2, -0.15) is 0 Å². The first-order valence-electron chi connectivity index (χ1n) is 4.43.